The van der Waals surface area contributed by atoms with Crippen LogP contribution in [0.4, 0.5) is 11.4 Å². The van der Waals surface area contributed by atoms with Crippen LogP contribution in [0.15, 0.2) is 42.5 Å². The van der Waals surface area contributed by atoms with Crippen LogP contribution in [0.1, 0.15) is 18.4 Å². The largest absolute Gasteiger partial charge is 0.457 e. The van der Waals surface area contributed by atoms with E-state index in [9.17, 15) is 19.7 Å². The Hall–Kier alpha value is -3.26. The fraction of sp³-hybridized carbons (Fsp3) is 0.333. The van der Waals surface area contributed by atoms with E-state index < -0.39 is 16.8 Å². The molecule has 2 amide bonds. The van der Waals surface area contributed by atoms with E-state index in [1.165, 1.54) is 18.2 Å². The summed E-state index contributed by atoms with van der Waals surface area (Å²) < 4.78 is 11.5. The summed E-state index contributed by atoms with van der Waals surface area (Å²) in [6.45, 7) is 1.94. The predicted octanol–water partition coefficient (Wildman–Crippen LogP) is 3.36. The smallest absolute Gasteiger partial charge is 0.275 e. The summed E-state index contributed by atoms with van der Waals surface area (Å²) in [5.74, 6) is -1.01. The van der Waals surface area contributed by atoms with Gasteiger partial charge in [0.1, 0.15) is 11.5 Å². The molecular weight excluding hydrogens is 376 g/mol. The van der Waals surface area contributed by atoms with Crippen molar-refractivity contribution in [3.05, 3.63) is 58.1 Å². The van der Waals surface area contributed by atoms with E-state index in [4.69, 9.17) is 9.47 Å². The van der Waals surface area contributed by atoms with E-state index in [2.05, 4.69) is 0 Å². The first-order chi connectivity index (χ1) is 13.9. The minimum absolute atomic E-state index is 0.158. The van der Waals surface area contributed by atoms with Gasteiger partial charge in [0.15, 0.2) is 0 Å². The van der Waals surface area contributed by atoms with Crippen molar-refractivity contribution in [2.24, 2.45) is 11.8 Å². The van der Waals surface area contributed by atoms with Gasteiger partial charge in [0, 0.05) is 12.1 Å². The van der Waals surface area contributed by atoms with E-state index in [0.717, 1.165) is 23.3 Å². The maximum atomic E-state index is 13.0. The summed E-state index contributed by atoms with van der Waals surface area (Å²) >= 11 is 0. The lowest BCUT2D eigenvalue weighted by atomic mass is 9.81. The van der Waals surface area contributed by atoms with Gasteiger partial charge >= 0.3 is 0 Å². The maximum absolute atomic E-state index is 13.0. The molecule has 148 valence electrons. The lowest BCUT2D eigenvalue weighted by molar-refractivity contribution is -0.384. The van der Waals surface area contributed by atoms with Crippen LogP contribution in [-0.2, 0) is 14.3 Å². The number of aryl methyl sites for hydroxylation is 1. The Morgan fingerprint density at radius 1 is 1.00 bits per heavy atom. The highest BCUT2D eigenvalue weighted by atomic mass is 16.6. The molecular formula is C21H18N2O6. The molecule has 5 rings (SSSR count). The predicted molar refractivity (Wildman–Crippen MR) is 102 cm³/mol. The zero-order valence-electron chi connectivity index (χ0n) is 15.6. The van der Waals surface area contributed by atoms with E-state index in [-0.39, 0.29) is 41.1 Å². The Bertz CT molecular complexity index is 1010. The van der Waals surface area contributed by atoms with Gasteiger partial charge in [-0.25, -0.2) is 4.90 Å². The van der Waals surface area contributed by atoms with Crippen LogP contribution in [0.2, 0.25) is 0 Å². The molecule has 3 aliphatic rings. The number of ether oxygens (including phenoxy) is 2. The number of carbonyl (C=O) groups is 2. The molecule has 2 aromatic rings. The van der Waals surface area contributed by atoms with Crippen molar-refractivity contribution in [2.45, 2.75) is 32.0 Å². The number of anilines is 1. The van der Waals surface area contributed by atoms with Crippen LogP contribution in [0.3, 0.4) is 0 Å². The molecule has 0 spiro atoms. The molecule has 2 aromatic carbocycles. The van der Waals surface area contributed by atoms with Gasteiger partial charge in [-0.1, -0.05) is 17.7 Å². The Morgan fingerprint density at radius 3 is 2.21 bits per heavy atom. The van der Waals surface area contributed by atoms with Gasteiger partial charge in [-0.05, 0) is 31.9 Å². The van der Waals surface area contributed by atoms with E-state index in [1.807, 2.05) is 19.1 Å². The molecule has 3 fully saturated rings. The number of rotatable bonds is 4. The average molecular weight is 394 g/mol. The normalized spacial score (nSPS) is 27.4. The number of hydrogen-bond donors (Lipinski definition) is 0. The molecule has 3 heterocycles. The Balaban J connectivity index is 1.52. The molecule has 4 atom stereocenters. The first kappa shape index (κ1) is 17.8. The molecule has 3 saturated heterocycles. The van der Waals surface area contributed by atoms with Crippen LogP contribution >= 0.6 is 0 Å². The third-order valence-electron chi connectivity index (χ3n) is 5.89. The molecule has 29 heavy (non-hydrogen) atoms. The second kappa shape index (κ2) is 6.38. The SMILES string of the molecule is Cc1ccc(Oc2cc(N3C(=O)C4C5CCC(O5)C4C3=O)cc([N+](=O)[O-])c2)cc1. The second-order valence-corrected chi connectivity index (χ2v) is 7.71. The fourth-order valence-electron chi connectivity index (χ4n) is 4.57. The van der Waals surface area contributed by atoms with E-state index >= 15 is 0 Å². The van der Waals surface area contributed by atoms with E-state index in [0.29, 0.717) is 5.75 Å². The van der Waals surface area contributed by atoms with Crippen LogP contribution < -0.4 is 9.64 Å². The quantitative estimate of drug-likeness (QED) is 0.448. The molecule has 0 N–H and O–H groups in total. The van der Waals surface area contributed by atoms with Gasteiger partial charge in [0.2, 0.25) is 11.8 Å². The van der Waals surface area contributed by atoms with Crippen molar-refractivity contribution in [1.29, 1.82) is 0 Å². The number of amides is 2. The molecule has 0 aromatic heterocycles. The number of imide groups is 1. The summed E-state index contributed by atoms with van der Waals surface area (Å²) in [7, 11) is 0. The Morgan fingerprint density at radius 2 is 1.62 bits per heavy atom. The second-order valence-electron chi connectivity index (χ2n) is 7.71. The van der Waals surface area contributed by atoms with Crippen molar-refractivity contribution >= 4 is 23.2 Å². The summed E-state index contributed by atoms with van der Waals surface area (Å²) in [5.41, 5.74) is 0.959. The molecule has 8 nitrogen and oxygen atoms in total. The number of nitrogens with zero attached hydrogens (tertiary/aromatic N) is 2. The van der Waals surface area contributed by atoms with Gasteiger partial charge in [-0.3, -0.25) is 19.7 Å². The van der Waals surface area contributed by atoms with Crippen molar-refractivity contribution in [2.75, 3.05) is 4.90 Å². The highest BCUT2D eigenvalue weighted by Gasteiger charge is 2.62. The molecule has 0 saturated carbocycles. The lowest BCUT2D eigenvalue weighted by Gasteiger charge is -2.18. The summed E-state index contributed by atoms with van der Waals surface area (Å²) in [5, 5.41) is 11.4. The zero-order chi connectivity index (χ0) is 20.3. The molecule has 0 radical (unpaired) electrons. The highest BCUT2D eigenvalue weighted by Crippen LogP contribution is 2.50. The highest BCUT2D eigenvalue weighted by molar-refractivity contribution is 6.23. The lowest BCUT2D eigenvalue weighted by Crippen LogP contribution is -2.34. The van der Waals surface area contributed by atoms with Gasteiger partial charge in [-0.2, -0.15) is 0 Å². The van der Waals surface area contributed by atoms with Crippen LogP contribution in [0.5, 0.6) is 11.5 Å². The third-order valence-corrected chi connectivity index (χ3v) is 5.89. The first-order valence-electron chi connectivity index (χ1n) is 9.49. The van der Waals surface area contributed by atoms with Gasteiger partial charge in [0.05, 0.1) is 40.7 Å². The average Bonchev–Trinajstić information content (AvgIpc) is 3.37. The maximum Gasteiger partial charge on any atom is 0.275 e. The minimum atomic E-state index is -0.565. The minimum Gasteiger partial charge on any atom is -0.457 e. The topological polar surface area (TPSA) is 99.0 Å². The molecule has 3 aliphatic heterocycles. The van der Waals surface area contributed by atoms with Gasteiger partial charge in [0.25, 0.3) is 5.69 Å². The number of nitro benzene ring substituents is 1. The van der Waals surface area contributed by atoms with Crippen molar-refractivity contribution in [3.8, 4) is 11.5 Å². The summed E-state index contributed by atoms with van der Waals surface area (Å²) in [6, 6.07) is 11.2. The van der Waals surface area contributed by atoms with Crippen molar-refractivity contribution < 1.29 is 24.0 Å². The molecule has 0 aliphatic carbocycles. The monoisotopic (exact) mass is 394 g/mol. The van der Waals surface area contributed by atoms with E-state index in [1.54, 1.807) is 12.1 Å². The van der Waals surface area contributed by atoms with Gasteiger partial charge in [-0.15, -0.1) is 0 Å². The van der Waals surface area contributed by atoms with Crippen molar-refractivity contribution in [3.63, 3.8) is 0 Å². The molecule has 8 heteroatoms. The van der Waals surface area contributed by atoms with Gasteiger partial charge < -0.3 is 9.47 Å². The number of nitro groups is 1. The van der Waals surface area contributed by atoms with Crippen LogP contribution in [-0.4, -0.2) is 28.9 Å². The molecule has 4 unspecified atom stereocenters. The Kier molecular flexibility index (Phi) is 3.92. The number of fused-ring (bicyclic) bond motifs is 5. The first-order valence-corrected chi connectivity index (χ1v) is 9.49. The van der Waals surface area contributed by atoms with Crippen molar-refractivity contribution in [1.82, 2.24) is 0 Å². The number of carbonyl (C=O) groups excluding carboxylic acids is 2. The summed E-state index contributed by atoms with van der Waals surface area (Å²) in [6.07, 6.45) is 1.03. The number of non-ortho nitro benzene ring substituents is 1. The number of hydrogen-bond acceptors (Lipinski definition) is 6. The summed E-state index contributed by atoms with van der Waals surface area (Å²) in [4.78, 5) is 37.9. The molecule has 2 bridgehead atoms. The third kappa shape index (κ3) is 2.79. The number of benzene rings is 2. The standard InChI is InChI=1S/C21H18N2O6/c1-11-2-4-14(5-3-11)28-15-9-12(8-13(10-15)23(26)27)22-20(24)18-16-6-7-17(29-16)19(18)21(22)25/h2-5,8-10,16-19H,6-7H2,1H3. The zero-order valence-corrected chi connectivity index (χ0v) is 15.6. The Labute approximate surface area is 166 Å². The van der Waals surface area contributed by atoms with Crippen LogP contribution in [0, 0.1) is 28.9 Å². The van der Waals surface area contributed by atoms with Crippen LogP contribution in [0.25, 0.3) is 0 Å². The fourth-order valence-corrected chi connectivity index (χ4v) is 4.57.